The molecule has 1 rings (SSSR count). The van der Waals surface area contributed by atoms with Crippen LogP contribution in [0.5, 0.6) is 0 Å². The average Bonchev–Trinajstić information content (AvgIpc) is 2.11. The number of hydrogen-bond donors (Lipinski definition) is 1. The Kier molecular flexibility index (Phi) is 2.89. The summed E-state index contributed by atoms with van der Waals surface area (Å²) in [6, 6.07) is 0. The van der Waals surface area contributed by atoms with Crippen LogP contribution >= 0.6 is 12.6 Å². The van der Waals surface area contributed by atoms with Crippen LogP contribution < -0.4 is 0 Å². The number of benzene rings is 1. The lowest BCUT2D eigenvalue weighted by atomic mass is 10.1. The Morgan fingerprint density at radius 1 is 1.00 bits per heavy atom. The highest BCUT2D eigenvalue weighted by molar-refractivity contribution is 7.80. The summed E-state index contributed by atoms with van der Waals surface area (Å²) < 4.78 is 51.3. The summed E-state index contributed by atoms with van der Waals surface area (Å²) in [4.78, 5) is -0.575. The van der Waals surface area contributed by atoms with Gasteiger partial charge >= 0.3 is 0 Å². The van der Waals surface area contributed by atoms with Gasteiger partial charge in [0.15, 0.2) is 23.3 Å². The summed E-state index contributed by atoms with van der Waals surface area (Å²) in [5.74, 6) is -6.69. The van der Waals surface area contributed by atoms with Gasteiger partial charge in [0.25, 0.3) is 0 Å². The lowest BCUT2D eigenvalue weighted by molar-refractivity contribution is 0.397. The molecule has 1 aromatic rings. The summed E-state index contributed by atoms with van der Waals surface area (Å²) >= 11 is 3.55. The van der Waals surface area contributed by atoms with Crippen molar-refractivity contribution in [1.29, 1.82) is 0 Å². The van der Waals surface area contributed by atoms with Crippen molar-refractivity contribution in [2.45, 2.75) is 11.8 Å². The minimum Gasteiger partial charge on any atom is -0.203 e. The summed E-state index contributed by atoms with van der Waals surface area (Å²) in [6.07, 6.45) is 0. The van der Waals surface area contributed by atoms with Gasteiger partial charge in [0.2, 0.25) is 0 Å². The third-order valence-electron chi connectivity index (χ3n) is 1.67. The van der Waals surface area contributed by atoms with Crippen molar-refractivity contribution in [2.24, 2.45) is 0 Å². The van der Waals surface area contributed by atoms with E-state index in [1.165, 1.54) is 6.92 Å². The molecule has 0 radical (unpaired) electrons. The lowest BCUT2D eigenvalue weighted by Gasteiger charge is -2.08. The summed E-state index contributed by atoms with van der Waals surface area (Å²) in [5.41, 5.74) is -0.366. The van der Waals surface area contributed by atoms with Crippen LogP contribution in [0, 0.1) is 23.3 Å². The standard InChI is InChI=1S/C9H6F4S/c1-3(2)4-5(10)6(11)7(12)8(13)9(4)14/h14H,1H2,2H3. The average molecular weight is 222 g/mol. The molecule has 5 heteroatoms. The van der Waals surface area contributed by atoms with E-state index in [9.17, 15) is 17.6 Å². The van der Waals surface area contributed by atoms with E-state index in [1.54, 1.807) is 0 Å². The van der Waals surface area contributed by atoms with E-state index in [-0.39, 0.29) is 5.57 Å². The molecule has 0 atom stereocenters. The molecular formula is C9H6F4S. The third-order valence-corrected chi connectivity index (χ3v) is 2.09. The molecule has 0 aliphatic heterocycles. The maximum absolute atomic E-state index is 13.1. The fourth-order valence-electron chi connectivity index (χ4n) is 1.01. The summed E-state index contributed by atoms with van der Waals surface area (Å²) in [5, 5.41) is 0. The van der Waals surface area contributed by atoms with Crippen LogP contribution in [-0.2, 0) is 0 Å². The molecule has 0 saturated heterocycles. The smallest absolute Gasteiger partial charge is 0.198 e. The number of thiol groups is 1. The van der Waals surface area contributed by atoms with Gasteiger partial charge in [-0.1, -0.05) is 6.58 Å². The van der Waals surface area contributed by atoms with Crippen molar-refractivity contribution in [2.75, 3.05) is 0 Å². The molecule has 1 aromatic carbocycles. The lowest BCUT2D eigenvalue weighted by Crippen LogP contribution is -2.02. The van der Waals surface area contributed by atoms with Gasteiger partial charge in [0.05, 0.1) is 4.90 Å². The molecule has 0 aliphatic carbocycles. The van der Waals surface area contributed by atoms with Gasteiger partial charge in [-0.05, 0) is 12.5 Å². The number of hydrogen-bond acceptors (Lipinski definition) is 1. The Hall–Kier alpha value is -0.970. The highest BCUT2D eigenvalue weighted by atomic mass is 32.1. The van der Waals surface area contributed by atoms with E-state index in [0.29, 0.717) is 0 Å². The monoisotopic (exact) mass is 222 g/mol. The highest BCUT2D eigenvalue weighted by Gasteiger charge is 2.23. The molecule has 0 bridgehead atoms. The normalized spacial score (nSPS) is 10.4. The zero-order chi connectivity index (χ0) is 11.0. The highest BCUT2D eigenvalue weighted by Crippen LogP contribution is 2.30. The van der Waals surface area contributed by atoms with Crippen LogP contribution in [0.4, 0.5) is 17.6 Å². The number of rotatable bonds is 1. The second-order valence-corrected chi connectivity index (χ2v) is 3.21. The number of halogens is 4. The first kappa shape index (κ1) is 11.1. The fourth-order valence-corrected chi connectivity index (χ4v) is 1.40. The third kappa shape index (κ3) is 1.52. The van der Waals surface area contributed by atoms with Crippen LogP contribution in [0.2, 0.25) is 0 Å². The topological polar surface area (TPSA) is 0 Å². The van der Waals surface area contributed by atoms with Crippen molar-refractivity contribution >= 4 is 18.2 Å². The molecule has 0 fully saturated rings. The summed E-state index contributed by atoms with van der Waals surface area (Å²) in [7, 11) is 0. The Bertz CT molecular complexity index is 383. The van der Waals surface area contributed by atoms with Crippen LogP contribution in [0.3, 0.4) is 0 Å². The van der Waals surface area contributed by atoms with Gasteiger partial charge in [0, 0.05) is 5.56 Å². The van der Waals surface area contributed by atoms with Crippen molar-refractivity contribution in [1.82, 2.24) is 0 Å². The predicted molar refractivity (Wildman–Crippen MR) is 48.2 cm³/mol. The predicted octanol–water partition coefficient (Wildman–Crippen LogP) is 3.56. The summed E-state index contributed by atoms with van der Waals surface area (Å²) in [6.45, 7) is 4.66. The van der Waals surface area contributed by atoms with Gasteiger partial charge in [-0.2, -0.15) is 0 Å². The van der Waals surface area contributed by atoms with Crippen molar-refractivity contribution in [3.63, 3.8) is 0 Å². The van der Waals surface area contributed by atoms with Gasteiger partial charge < -0.3 is 0 Å². The van der Waals surface area contributed by atoms with Crippen molar-refractivity contribution in [3.05, 3.63) is 35.4 Å². The van der Waals surface area contributed by atoms with Crippen LogP contribution in [-0.4, -0.2) is 0 Å². The Morgan fingerprint density at radius 2 is 1.43 bits per heavy atom. The van der Waals surface area contributed by atoms with Crippen molar-refractivity contribution in [3.8, 4) is 0 Å². The van der Waals surface area contributed by atoms with Gasteiger partial charge in [-0.15, -0.1) is 12.6 Å². The maximum Gasteiger partial charge on any atom is 0.198 e. The number of allylic oxidation sites excluding steroid dienone is 1. The molecule has 0 saturated carbocycles. The zero-order valence-corrected chi connectivity index (χ0v) is 8.06. The molecule has 0 amide bonds. The van der Waals surface area contributed by atoms with E-state index >= 15 is 0 Å². The molecule has 0 aliphatic rings. The zero-order valence-electron chi connectivity index (χ0n) is 7.17. The van der Waals surface area contributed by atoms with Gasteiger partial charge in [0.1, 0.15) is 0 Å². The largest absolute Gasteiger partial charge is 0.203 e. The molecular weight excluding hydrogens is 216 g/mol. The first-order chi connectivity index (χ1) is 6.37. The van der Waals surface area contributed by atoms with E-state index in [2.05, 4.69) is 19.2 Å². The molecule has 0 unspecified atom stereocenters. The molecule has 14 heavy (non-hydrogen) atoms. The Balaban J connectivity index is 3.68. The second kappa shape index (κ2) is 3.65. The maximum atomic E-state index is 13.1. The van der Waals surface area contributed by atoms with Crippen LogP contribution in [0.25, 0.3) is 5.57 Å². The van der Waals surface area contributed by atoms with E-state index in [1.807, 2.05) is 0 Å². The Labute approximate surface area is 83.7 Å². The quantitative estimate of drug-likeness (QED) is 0.319. The fraction of sp³-hybridized carbons (Fsp3) is 0.111. The van der Waals surface area contributed by atoms with Crippen molar-refractivity contribution < 1.29 is 17.6 Å². The van der Waals surface area contributed by atoms with E-state index in [4.69, 9.17) is 0 Å². The van der Waals surface area contributed by atoms with Crippen LogP contribution in [0.15, 0.2) is 11.5 Å². The first-order valence-corrected chi connectivity index (χ1v) is 4.03. The Morgan fingerprint density at radius 3 is 1.86 bits per heavy atom. The van der Waals surface area contributed by atoms with E-state index in [0.717, 1.165) is 0 Å². The minimum absolute atomic E-state index is 0.0744. The molecule has 0 N–H and O–H groups in total. The van der Waals surface area contributed by atoms with E-state index < -0.39 is 33.7 Å². The molecule has 0 nitrogen and oxygen atoms in total. The second-order valence-electron chi connectivity index (χ2n) is 2.76. The molecule has 0 spiro atoms. The first-order valence-electron chi connectivity index (χ1n) is 3.58. The van der Waals surface area contributed by atoms with Gasteiger partial charge in [-0.25, -0.2) is 17.6 Å². The van der Waals surface area contributed by atoms with Crippen LogP contribution in [0.1, 0.15) is 12.5 Å². The molecule has 76 valence electrons. The minimum atomic E-state index is -1.86. The van der Waals surface area contributed by atoms with Gasteiger partial charge in [-0.3, -0.25) is 0 Å². The SMILES string of the molecule is C=C(C)c1c(F)c(F)c(F)c(F)c1S. The molecule has 0 aromatic heterocycles. The molecule has 0 heterocycles.